The molecule has 1 aliphatic rings. The minimum atomic E-state index is -3.38. The van der Waals surface area contributed by atoms with E-state index in [4.69, 9.17) is 0 Å². The number of aromatic nitrogens is 2. The average molecular weight is 348 g/mol. The topological polar surface area (TPSA) is 84.3 Å². The maximum Gasteiger partial charge on any atom is 0.257 e. The van der Waals surface area contributed by atoms with Gasteiger partial charge in [0.05, 0.1) is 22.3 Å². The van der Waals surface area contributed by atoms with Crippen molar-refractivity contribution < 1.29 is 13.2 Å². The molecule has 0 radical (unpaired) electrons. The fraction of sp³-hybridized carbons (Fsp3) is 0.375. The van der Waals surface area contributed by atoms with Crippen molar-refractivity contribution >= 4 is 15.7 Å². The van der Waals surface area contributed by atoms with Gasteiger partial charge in [0, 0.05) is 38.1 Å². The molecule has 1 unspecified atom stereocenters. The van der Waals surface area contributed by atoms with Gasteiger partial charge in [0.25, 0.3) is 5.91 Å². The summed E-state index contributed by atoms with van der Waals surface area (Å²) in [5.41, 5.74) is 0.889. The Kier molecular flexibility index (Phi) is 4.42. The average Bonchev–Trinajstić information content (AvgIpc) is 3.03. The van der Waals surface area contributed by atoms with Crippen LogP contribution in [0, 0.1) is 0 Å². The molecule has 24 heavy (non-hydrogen) atoms. The number of nitrogens with zero attached hydrogens (tertiary/aromatic N) is 3. The Morgan fingerprint density at radius 2 is 2.08 bits per heavy atom. The zero-order valence-corrected chi connectivity index (χ0v) is 14.5. The summed E-state index contributed by atoms with van der Waals surface area (Å²) in [6, 6.07) is 6.86. The largest absolute Gasteiger partial charge is 0.336 e. The fourth-order valence-electron chi connectivity index (χ4n) is 2.82. The fourth-order valence-corrected chi connectivity index (χ4v) is 3.69. The molecular weight excluding hydrogens is 328 g/mol. The van der Waals surface area contributed by atoms with Crippen LogP contribution in [0.3, 0.4) is 0 Å². The third kappa shape index (κ3) is 3.34. The number of para-hydroxylation sites is 1. The van der Waals surface area contributed by atoms with Gasteiger partial charge in [-0.1, -0.05) is 12.1 Å². The smallest absolute Gasteiger partial charge is 0.257 e. The Morgan fingerprint density at radius 1 is 1.33 bits per heavy atom. The normalized spacial score (nSPS) is 18.6. The Balaban J connectivity index is 1.91. The molecule has 2 heterocycles. The maximum absolute atomic E-state index is 12.6. The van der Waals surface area contributed by atoms with Crippen LogP contribution in [0.15, 0.2) is 41.6 Å². The molecule has 1 amide bonds. The summed E-state index contributed by atoms with van der Waals surface area (Å²) in [6.45, 7) is 4.08. The highest BCUT2D eigenvalue weighted by atomic mass is 32.2. The Labute approximate surface area is 141 Å². The van der Waals surface area contributed by atoms with Crippen LogP contribution in [0.2, 0.25) is 0 Å². The van der Waals surface area contributed by atoms with Gasteiger partial charge in [0.15, 0.2) is 9.84 Å². The third-order valence-corrected chi connectivity index (χ3v) is 5.14. The standard InChI is InChI=1S/C16H20N4O3S/c1-12-10-19(8-7-17-12)16(21)13-9-18-20(11-13)14-5-3-4-6-15(14)24(2,22)23/h3-6,9,11-12,17H,7-8,10H2,1-2H3. The van der Waals surface area contributed by atoms with Gasteiger partial charge in [-0.05, 0) is 19.1 Å². The van der Waals surface area contributed by atoms with Crippen molar-refractivity contribution in [3.8, 4) is 5.69 Å². The van der Waals surface area contributed by atoms with Gasteiger partial charge in [0.1, 0.15) is 0 Å². The molecule has 1 fully saturated rings. The van der Waals surface area contributed by atoms with Crippen molar-refractivity contribution in [3.63, 3.8) is 0 Å². The Bertz CT molecular complexity index is 860. The number of hydrogen-bond donors (Lipinski definition) is 1. The molecule has 1 saturated heterocycles. The summed E-state index contributed by atoms with van der Waals surface area (Å²) in [5.74, 6) is -0.0913. The van der Waals surface area contributed by atoms with Gasteiger partial charge in [-0.2, -0.15) is 5.10 Å². The number of hydrogen-bond acceptors (Lipinski definition) is 5. The molecule has 3 rings (SSSR count). The molecule has 8 heteroatoms. The van der Waals surface area contributed by atoms with Crippen LogP contribution in [0.1, 0.15) is 17.3 Å². The van der Waals surface area contributed by atoms with Crippen LogP contribution in [-0.2, 0) is 9.84 Å². The maximum atomic E-state index is 12.6. The van der Waals surface area contributed by atoms with E-state index in [0.717, 1.165) is 12.8 Å². The number of benzene rings is 1. The van der Waals surface area contributed by atoms with Crippen LogP contribution in [0.25, 0.3) is 5.69 Å². The number of nitrogens with one attached hydrogen (secondary N) is 1. The number of carbonyl (C=O) groups is 1. The Morgan fingerprint density at radius 3 is 2.79 bits per heavy atom. The van der Waals surface area contributed by atoms with Crippen molar-refractivity contribution in [1.82, 2.24) is 20.0 Å². The molecular formula is C16H20N4O3S. The highest BCUT2D eigenvalue weighted by molar-refractivity contribution is 7.90. The molecule has 7 nitrogen and oxygen atoms in total. The number of sulfone groups is 1. The van der Waals surface area contributed by atoms with Crippen LogP contribution >= 0.6 is 0 Å². The lowest BCUT2D eigenvalue weighted by Gasteiger charge is -2.31. The van der Waals surface area contributed by atoms with Crippen LogP contribution < -0.4 is 5.32 Å². The zero-order chi connectivity index (χ0) is 17.3. The molecule has 1 aromatic heterocycles. The molecule has 0 aliphatic carbocycles. The Hall–Kier alpha value is -2.19. The van der Waals surface area contributed by atoms with Crippen LogP contribution in [-0.4, -0.2) is 60.9 Å². The van der Waals surface area contributed by atoms with Crippen molar-refractivity contribution in [2.75, 3.05) is 25.9 Å². The van der Waals surface area contributed by atoms with Gasteiger partial charge in [-0.25, -0.2) is 13.1 Å². The van der Waals surface area contributed by atoms with E-state index in [0.29, 0.717) is 24.3 Å². The summed E-state index contributed by atoms with van der Waals surface area (Å²) >= 11 is 0. The van der Waals surface area contributed by atoms with Gasteiger partial charge in [0.2, 0.25) is 0 Å². The minimum Gasteiger partial charge on any atom is -0.336 e. The van der Waals surface area contributed by atoms with Crippen LogP contribution in [0.5, 0.6) is 0 Å². The predicted molar refractivity (Wildman–Crippen MR) is 90.0 cm³/mol. The van der Waals surface area contributed by atoms with E-state index >= 15 is 0 Å². The van der Waals surface area contributed by atoms with E-state index in [1.54, 1.807) is 29.3 Å². The molecule has 128 valence electrons. The van der Waals surface area contributed by atoms with Crippen molar-refractivity contribution in [2.45, 2.75) is 17.9 Å². The molecule has 0 spiro atoms. The second-order valence-electron chi connectivity index (χ2n) is 6.02. The molecule has 1 atom stereocenters. The molecule has 0 saturated carbocycles. The van der Waals surface area contributed by atoms with Gasteiger partial charge >= 0.3 is 0 Å². The van der Waals surface area contributed by atoms with Gasteiger partial charge in [-0.15, -0.1) is 0 Å². The molecule has 1 N–H and O–H groups in total. The number of rotatable bonds is 3. The van der Waals surface area contributed by atoms with E-state index in [2.05, 4.69) is 10.4 Å². The number of piperazine rings is 1. The number of amides is 1. The summed E-state index contributed by atoms with van der Waals surface area (Å²) in [5, 5.41) is 7.48. The quantitative estimate of drug-likeness (QED) is 0.883. The lowest BCUT2D eigenvalue weighted by molar-refractivity contribution is 0.0709. The van der Waals surface area contributed by atoms with Gasteiger partial charge < -0.3 is 10.2 Å². The third-order valence-electron chi connectivity index (χ3n) is 4.00. The van der Waals surface area contributed by atoms with Crippen molar-refractivity contribution in [1.29, 1.82) is 0 Å². The number of carbonyl (C=O) groups excluding carboxylic acids is 1. The zero-order valence-electron chi connectivity index (χ0n) is 13.6. The van der Waals surface area contributed by atoms with Crippen molar-refractivity contribution in [2.24, 2.45) is 0 Å². The molecule has 1 aliphatic heterocycles. The summed E-state index contributed by atoms with van der Waals surface area (Å²) in [4.78, 5) is 14.6. The highest BCUT2D eigenvalue weighted by Gasteiger charge is 2.23. The molecule has 1 aromatic carbocycles. The SMILES string of the molecule is CC1CN(C(=O)c2cnn(-c3ccccc3S(C)(=O)=O)c2)CCN1. The second kappa shape index (κ2) is 6.37. The first kappa shape index (κ1) is 16.7. The first-order valence-electron chi connectivity index (χ1n) is 7.73. The summed E-state index contributed by atoms with van der Waals surface area (Å²) in [7, 11) is -3.38. The predicted octanol–water partition coefficient (Wildman–Crippen LogP) is 0.710. The molecule has 2 aromatic rings. The van der Waals surface area contributed by atoms with Gasteiger partial charge in [-0.3, -0.25) is 4.79 Å². The van der Waals surface area contributed by atoms with E-state index in [-0.39, 0.29) is 16.8 Å². The van der Waals surface area contributed by atoms with E-state index in [1.807, 2.05) is 6.92 Å². The monoisotopic (exact) mass is 348 g/mol. The highest BCUT2D eigenvalue weighted by Crippen LogP contribution is 2.20. The van der Waals surface area contributed by atoms with Crippen LogP contribution in [0.4, 0.5) is 0 Å². The lowest BCUT2D eigenvalue weighted by atomic mass is 10.2. The second-order valence-corrected chi connectivity index (χ2v) is 8.00. The minimum absolute atomic E-state index is 0.0913. The summed E-state index contributed by atoms with van der Waals surface area (Å²) < 4.78 is 25.3. The van der Waals surface area contributed by atoms with E-state index in [9.17, 15) is 13.2 Å². The first-order chi connectivity index (χ1) is 11.4. The first-order valence-corrected chi connectivity index (χ1v) is 9.62. The van der Waals surface area contributed by atoms with Crippen molar-refractivity contribution in [3.05, 3.63) is 42.2 Å². The molecule has 0 bridgehead atoms. The van der Waals surface area contributed by atoms with E-state index < -0.39 is 9.84 Å². The summed E-state index contributed by atoms with van der Waals surface area (Å²) in [6.07, 6.45) is 4.22. The van der Waals surface area contributed by atoms with E-state index in [1.165, 1.54) is 16.9 Å². The lowest BCUT2D eigenvalue weighted by Crippen LogP contribution is -2.51.